The lowest BCUT2D eigenvalue weighted by Crippen LogP contribution is -2.54. The summed E-state index contributed by atoms with van der Waals surface area (Å²) in [4.78, 5) is 2.38. The summed E-state index contributed by atoms with van der Waals surface area (Å²) in [5.74, 6) is 0.877. The van der Waals surface area contributed by atoms with Crippen LogP contribution in [-0.4, -0.2) is 51.3 Å². The summed E-state index contributed by atoms with van der Waals surface area (Å²) in [6, 6.07) is 9.86. The molecule has 6 nitrogen and oxygen atoms in total. The van der Waals surface area contributed by atoms with E-state index in [0.717, 1.165) is 31.1 Å². The molecule has 23 heavy (non-hydrogen) atoms. The number of benzene rings is 1. The average Bonchev–Trinajstić information content (AvgIpc) is 2.90. The predicted octanol–water partition coefficient (Wildman–Crippen LogP) is 1.87. The Balaban J connectivity index is 1.61. The highest BCUT2D eigenvalue weighted by molar-refractivity contribution is 5.20. The lowest BCUT2D eigenvalue weighted by molar-refractivity contribution is -0.148. The van der Waals surface area contributed by atoms with Crippen LogP contribution >= 0.6 is 0 Å². The maximum absolute atomic E-state index is 6.17. The molecule has 3 rings (SSSR count). The molecule has 0 amide bonds. The Morgan fingerprint density at radius 2 is 2.09 bits per heavy atom. The molecule has 2 aromatic rings. The van der Waals surface area contributed by atoms with Gasteiger partial charge in [-0.3, -0.25) is 9.58 Å². The molecule has 1 saturated heterocycles. The Kier molecular flexibility index (Phi) is 4.63. The van der Waals surface area contributed by atoms with E-state index in [0.29, 0.717) is 6.61 Å². The van der Waals surface area contributed by atoms with Gasteiger partial charge in [-0.15, -0.1) is 5.10 Å². The van der Waals surface area contributed by atoms with Gasteiger partial charge in [-0.05, 0) is 26.0 Å². The molecule has 0 saturated carbocycles. The molecular weight excluding hydrogens is 292 g/mol. The summed E-state index contributed by atoms with van der Waals surface area (Å²) in [5, 5.41) is 7.95. The van der Waals surface area contributed by atoms with Crippen LogP contribution in [-0.2, 0) is 18.3 Å². The minimum absolute atomic E-state index is 0.0418. The van der Waals surface area contributed by atoms with Crippen LogP contribution in [0, 0.1) is 0 Å². The second kappa shape index (κ2) is 6.68. The fraction of sp³-hybridized carbons (Fsp3) is 0.529. The van der Waals surface area contributed by atoms with Crippen molar-refractivity contribution in [2.24, 2.45) is 7.05 Å². The van der Waals surface area contributed by atoms with Crippen molar-refractivity contribution in [1.82, 2.24) is 19.9 Å². The van der Waals surface area contributed by atoms with Gasteiger partial charge in [-0.25, -0.2) is 0 Å². The third-order valence-electron chi connectivity index (χ3n) is 3.92. The van der Waals surface area contributed by atoms with Gasteiger partial charge >= 0.3 is 0 Å². The van der Waals surface area contributed by atoms with Gasteiger partial charge in [0.05, 0.1) is 17.5 Å². The molecular formula is C17H24N4O2. The first-order valence-corrected chi connectivity index (χ1v) is 7.93. The van der Waals surface area contributed by atoms with Gasteiger partial charge in [-0.2, -0.15) is 0 Å². The van der Waals surface area contributed by atoms with Crippen molar-refractivity contribution in [2.75, 3.05) is 19.7 Å². The van der Waals surface area contributed by atoms with Crippen molar-refractivity contribution < 1.29 is 9.47 Å². The lowest BCUT2D eigenvalue weighted by Gasteiger charge is -2.42. The number of hydrogen-bond donors (Lipinski definition) is 0. The molecule has 1 fully saturated rings. The summed E-state index contributed by atoms with van der Waals surface area (Å²) in [6.45, 7) is 7.32. The highest BCUT2D eigenvalue weighted by Gasteiger charge is 2.34. The molecule has 124 valence electrons. The van der Waals surface area contributed by atoms with E-state index in [4.69, 9.17) is 9.47 Å². The average molecular weight is 316 g/mol. The topological polar surface area (TPSA) is 52.4 Å². The summed E-state index contributed by atoms with van der Waals surface area (Å²) < 4.78 is 13.9. The number of rotatable bonds is 5. The van der Waals surface area contributed by atoms with Crippen molar-refractivity contribution in [1.29, 1.82) is 0 Å². The SMILES string of the molecule is Cn1nncc1CN1C[C@@H](COc2ccccc2)OC(C)(C)C1. The second-order valence-corrected chi connectivity index (χ2v) is 6.64. The molecule has 0 bridgehead atoms. The number of nitrogens with zero attached hydrogens (tertiary/aromatic N) is 4. The fourth-order valence-electron chi connectivity index (χ4n) is 3.01. The smallest absolute Gasteiger partial charge is 0.119 e. The van der Waals surface area contributed by atoms with Crippen LogP contribution in [0.3, 0.4) is 0 Å². The molecule has 0 aliphatic carbocycles. The van der Waals surface area contributed by atoms with Gasteiger partial charge in [0, 0.05) is 26.7 Å². The van der Waals surface area contributed by atoms with Gasteiger partial charge < -0.3 is 9.47 Å². The summed E-state index contributed by atoms with van der Waals surface area (Å²) in [7, 11) is 1.92. The molecule has 0 radical (unpaired) electrons. The number of morpholine rings is 1. The molecule has 1 aromatic heterocycles. The fourth-order valence-corrected chi connectivity index (χ4v) is 3.01. The summed E-state index contributed by atoms with van der Waals surface area (Å²) in [5.41, 5.74) is 0.903. The van der Waals surface area contributed by atoms with Crippen molar-refractivity contribution in [3.63, 3.8) is 0 Å². The predicted molar refractivity (Wildman–Crippen MR) is 87.2 cm³/mol. The van der Waals surface area contributed by atoms with Gasteiger partial charge in [0.15, 0.2) is 0 Å². The Hall–Kier alpha value is -1.92. The number of aromatic nitrogens is 3. The van der Waals surface area contributed by atoms with Crippen LogP contribution in [0.2, 0.25) is 0 Å². The lowest BCUT2D eigenvalue weighted by atomic mass is 10.1. The van der Waals surface area contributed by atoms with Gasteiger partial charge in [0.2, 0.25) is 0 Å². The van der Waals surface area contributed by atoms with E-state index in [9.17, 15) is 0 Å². The van der Waals surface area contributed by atoms with Crippen LogP contribution in [0.25, 0.3) is 0 Å². The highest BCUT2D eigenvalue weighted by Crippen LogP contribution is 2.23. The Bertz CT molecular complexity index is 627. The minimum Gasteiger partial charge on any atom is -0.491 e. The highest BCUT2D eigenvalue weighted by atomic mass is 16.5. The summed E-state index contributed by atoms with van der Waals surface area (Å²) in [6.07, 6.45) is 1.86. The number of aryl methyl sites for hydroxylation is 1. The molecule has 6 heteroatoms. The minimum atomic E-state index is -0.199. The van der Waals surface area contributed by atoms with Crippen LogP contribution in [0.15, 0.2) is 36.5 Å². The Morgan fingerprint density at radius 3 is 2.78 bits per heavy atom. The maximum Gasteiger partial charge on any atom is 0.119 e. The number of hydrogen-bond acceptors (Lipinski definition) is 5. The Labute approximate surface area is 137 Å². The first kappa shape index (κ1) is 16.0. The van der Waals surface area contributed by atoms with Crippen LogP contribution in [0.4, 0.5) is 0 Å². The van der Waals surface area contributed by atoms with Gasteiger partial charge in [0.1, 0.15) is 18.5 Å². The zero-order valence-corrected chi connectivity index (χ0v) is 14.0. The molecule has 0 spiro atoms. The van der Waals surface area contributed by atoms with Crippen molar-refractivity contribution in [3.05, 3.63) is 42.2 Å². The molecule has 1 aliphatic rings. The van der Waals surface area contributed by atoms with Gasteiger partial charge in [0.25, 0.3) is 0 Å². The molecule has 1 aromatic carbocycles. The van der Waals surface area contributed by atoms with Gasteiger partial charge in [-0.1, -0.05) is 23.4 Å². The molecule has 1 atom stereocenters. The largest absolute Gasteiger partial charge is 0.491 e. The van der Waals surface area contributed by atoms with Crippen molar-refractivity contribution >= 4 is 0 Å². The summed E-state index contributed by atoms with van der Waals surface area (Å²) >= 11 is 0. The van der Waals surface area contributed by atoms with E-state index in [-0.39, 0.29) is 11.7 Å². The van der Waals surface area contributed by atoms with E-state index in [2.05, 4.69) is 29.1 Å². The normalized spacial score (nSPS) is 21.3. The second-order valence-electron chi connectivity index (χ2n) is 6.64. The van der Waals surface area contributed by atoms with Crippen LogP contribution in [0.1, 0.15) is 19.5 Å². The van der Waals surface area contributed by atoms with Crippen molar-refractivity contribution in [2.45, 2.75) is 32.1 Å². The number of para-hydroxylation sites is 1. The molecule has 1 aliphatic heterocycles. The van der Waals surface area contributed by atoms with E-state index in [1.165, 1.54) is 0 Å². The van der Waals surface area contributed by atoms with E-state index in [1.807, 2.05) is 48.3 Å². The first-order chi connectivity index (χ1) is 11.0. The molecule has 0 N–H and O–H groups in total. The van der Waals surface area contributed by atoms with E-state index >= 15 is 0 Å². The monoisotopic (exact) mass is 316 g/mol. The molecule has 0 unspecified atom stereocenters. The standard InChI is InChI=1S/C17H24N4O2/c1-17(2)13-21(10-14-9-18-19-20(14)3)11-16(23-17)12-22-15-7-5-4-6-8-15/h4-9,16H,10-13H2,1-3H3/t16-/m0/s1. The third-order valence-corrected chi connectivity index (χ3v) is 3.92. The zero-order chi connectivity index (χ0) is 16.3. The maximum atomic E-state index is 6.17. The van der Waals surface area contributed by atoms with Crippen LogP contribution in [0.5, 0.6) is 5.75 Å². The van der Waals surface area contributed by atoms with E-state index < -0.39 is 0 Å². The Morgan fingerprint density at radius 1 is 1.30 bits per heavy atom. The first-order valence-electron chi connectivity index (χ1n) is 7.93. The third kappa shape index (κ3) is 4.30. The molecule has 2 heterocycles. The van der Waals surface area contributed by atoms with Crippen molar-refractivity contribution in [3.8, 4) is 5.75 Å². The number of ether oxygens (including phenoxy) is 2. The zero-order valence-electron chi connectivity index (χ0n) is 14.0. The van der Waals surface area contributed by atoms with E-state index in [1.54, 1.807) is 0 Å². The van der Waals surface area contributed by atoms with Crippen LogP contribution < -0.4 is 4.74 Å². The quantitative estimate of drug-likeness (QED) is 0.843.